The summed E-state index contributed by atoms with van der Waals surface area (Å²) in [6.07, 6.45) is 1.34. The highest BCUT2D eigenvalue weighted by Gasteiger charge is 2.17. The smallest absolute Gasteiger partial charge is 0.146 e. The third kappa shape index (κ3) is 4.44. The molecule has 0 aromatic heterocycles. The summed E-state index contributed by atoms with van der Waals surface area (Å²) in [6.45, 7) is 6.75. The minimum absolute atomic E-state index is 0.00802. The van der Waals surface area contributed by atoms with E-state index >= 15 is 0 Å². The van der Waals surface area contributed by atoms with Crippen LogP contribution in [0.25, 0.3) is 0 Å². The van der Waals surface area contributed by atoms with Crippen molar-refractivity contribution in [3.63, 3.8) is 0 Å². The molecule has 0 aliphatic heterocycles. The van der Waals surface area contributed by atoms with Gasteiger partial charge in [-0.2, -0.15) is 5.26 Å². The minimum atomic E-state index is -0.230. The van der Waals surface area contributed by atoms with Gasteiger partial charge in [0.1, 0.15) is 5.82 Å². The molecule has 0 spiro atoms. The van der Waals surface area contributed by atoms with Crippen LogP contribution >= 0.6 is 0 Å². The second kappa shape index (κ2) is 5.67. The zero-order valence-electron chi connectivity index (χ0n) is 10.7. The number of rotatable bonds is 5. The van der Waals surface area contributed by atoms with Crippen LogP contribution in [-0.2, 0) is 0 Å². The Morgan fingerprint density at radius 2 is 2.12 bits per heavy atom. The highest BCUT2D eigenvalue weighted by Crippen LogP contribution is 2.24. The van der Waals surface area contributed by atoms with Crippen LogP contribution in [0.15, 0.2) is 18.2 Å². The summed E-state index contributed by atoms with van der Waals surface area (Å²) in [5.74, 6) is -0.230. The molecule has 1 aromatic carbocycles. The van der Waals surface area contributed by atoms with E-state index < -0.39 is 0 Å². The van der Waals surface area contributed by atoms with E-state index in [0.29, 0.717) is 18.7 Å². The zero-order chi connectivity index (χ0) is 12.9. The Labute approximate surface area is 102 Å². The van der Waals surface area contributed by atoms with Crippen molar-refractivity contribution < 1.29 is 4.39 Å². The van der Waals surface area contributed by atoms with Crippen LogP contribution in [0.1, 0.15) is 32.3 Å². The molecule has 3 heteroatoms. The third-order valence-corrected chi connectivity index (χ3v) is 2.79. The Hall–Kier alpha value is -1.56. The predicted octanol–water partition coefficient (Wildman–Crippen LogP) is 3.88. The van der Waals surface area contributed by atoms with Crippen LogP contribution in [0.2, 0.25) is 0 Å². The first-order chi connectivity index (χ1) is 7.94. The zero-order valence-corrected chi connectivity index (χ0v) is 10.7. The molecule has 1 aromatic rings. The fourth-order valence-corrected chi connectivity index (χ4v) is 1.59. The second-order valence-corrected chi connectivity index (χ2v) is 5.16. The number of nitrogens with one attached hydrogen (secondary N) is 1. The summed E-state index contributed by atoms with van der Waals surface area (Å²) in [6, 6.07) is 7.17. The lowest BCUT2D eigenvalue weighted by Gasteiger charge is -2.24. The molecule has 0 fully saturated rings. The number of aryl methyl sites for hydroxylation is 1. The summed E-state index contributed by atoms with van der Waals surface area (Å²) < 4.78 is 13.5. The second-order valence-electron chi connectivity index (χ2n) is 5.16. The van der Waals surface area contributed by atoms with Crippen molar-refractivity contribution in [2.75, 3.05) is 11.9 Å². The highest BCUT2D eigenvalue weighted by molar-refractivity contribution is 5.47. The van der Waals surface area contributed by atoms with Gasteiger partial charge in [-0.15, -0.1) is 0 Å². The van der Waals surface area contributed by atoms with E-state index in [-0.39, 0.29) is 11.2 Å². The van der Waals surface area contributed by atoms with E-state index in [9.17, 15) is 4.39 Å². The van der Waals surface area contributed by atoms with Gasteiger partial charge in [0.25, 0.3) is 0 Å². The molecule has 2 nitrogen and oxygen atoms in total. The van der Waals surface area contributed by atoms with E-state index in [1.165, 1.54) is 6.07 Å². The lowest BCUT2D eigenvalue weighted by Crippen LogP contribution is -2.23. The minimum Gasteiger partial charge on any atom is -0.382 e. The van der Waals surface area contributed by atoms with Crippen LogP contribution in [0, 0.1) is 29.5 Å². The van der Waals surface area contributed by atoms with E-state index in [0.717, 1.165) is 12.0 Å². The van der Waals surface area contributed by atoms with Gasteiger partial charge in [0.15, 0.2) is 0 Å². The molecule has 0 aliphatic rings. The van der Waals surface area contributed by atoms with Gasteiger partial charge in [0.2, 0.25) is 0 Å². The average Bonchev–Trinajstić information content (AvgIpc) is 2.28. The normalized spacial score (nSPS) is 11.0. The summed E-state index contributed by atoms with van der Waals surface area (Å²) in [7, 11) is 0. The number of halogens is 1. The maximum Gasteiger partial charge on any atom is 0.146 e. The van der Waals surface area contributed by atoms with E-state index in [1.54, 1.807) is 12.1 Å². The van der Waals surface area contributed by atoms with Gasteiger partial charge in [0, 0.05) is 13.0 Å². The molecule has 17 heavy (non-hydrogen) atoms. The SMILES string of the molecule is Cc1ccc(F)c(NCC(C)(C)CCC#N)c1. The number of hydrogen-bond acceptors (Lipinski definition) is 2. The van der Waals surface area contributed by atoms with Crippen molar-refractivity contribution in [1.29, 1.82) is 5.26 Å². The van der Waals surface area contributed by atoms with Crippen molar-refractivity contribution in [2.45, 2.75) is 33.6 Å². The first-order valence-electron chi connectivity index (χ1n) is 5.81. The molecular weight excluding hydrogens is 215 g/mol. The lowest BCUT2D eigenvalue weighted by atomic mass is 9.88. The Morgan fingerprint density at radius 3 is 2.76 bits per heavy atom. The van der Waals surface area contributed by atoms with Gasteiger partial charge in [-0.25, -0.2) is 4.39 Å². The number of anilines is 1. The van der Waals surface area contributed by atoms with E-state index in [2.05, 4.69) is 25.2 Å². The predicted molar refractivity (Wildman–Crippen MR) is 68.3 cm³/mol. The molecule has 0 radical (unpaired) electrons. The molecule has 0 aliphatic carbocycles. The van der Waals surface area contributed by atoms with Gasteiger partial charge in [-0.05, 0) is 36.5 Å². The number of benzene rings is 1. The fourth-order valence-electron chi connectivity index (χ4n) is 1.59. The molecule has 0 amide bonds. The van der Waals surface area contributed by atoms with Gasteiger partial charge in [-0.3, -0.25) is 0 Å². The Morgan fingerprint density at radius 1 is 1.41 bits per heavy atom. The van der Waals surface area contributed by atoms with Crippen LogP contribution < -0.4 is 5.32 Å². The average molecular weight is 234 g/mol. The molecule has 0 heterocycles. The summed E-state index contributed by atoms with van der Waals surface area (Å²) in [5, 5.41) is 11.7. The standard InChI is InChI=1S/C14H19FN2/c1-11-5-6-12(15)13(9-11)17-10-14(2,3)7-4-8-16/h5-6,9,17H,4,7,10H2,1-3H3. The molecule has 92 valence electrons. The molecule has 0 bridgehead atoms. The lowest BCUT2D eigenvalue weighted by molar-refractivity contribution is 0.363. The summed E-state index contributed by atoms with van der Waals surface area (Å²) in [5.41, 5.74) is 1.56. The monoisotopic (exact) mass is 234 g/mol. The third-order valence-electron chi connectivity index (χ3n) is 2.79. The summed E-state index contributed by atoms with van der Waals surface area (Å²) >= 11 is 0. The van der Waals surface area contributed by atoms with Crippen molar-refractivity contribution in [2.24, 2.45) is 5.41 Å². The van der Waals surface area contributed by atoms with Crippen molar-refractivity contribution in [3.05, 3.63) is 29.6 Å². The molecule has 0 atom stereocenters. The fraction of sp³-hybridized carbons (Fsp3) is 0.500. The topological polar surface area (TPSA) is 35.8 Å². The van der Waals surface area contributed by atoms with Crippen LogP contribution in [-0.4, -0.2) is 6.54 Å². The molecule has 1 rings (SSSR count). The number of nitrogens with zero attached hydrogens (tertiary/aromatic N) is 1. The highest BCUT2D eigenvalue weighted by atomic mass is 19.1. The number of nitriles is 1. The van der Waals surface area contributed by atoms with E-state index in [4.69, 9.17) is 5.26 Å². The summed E-state index contributed by atoms with van der Waals surface area (Å²) in [4.78, 5) is 0. The van der Waals surface area contributed by atoms with Crippen LogP contribution in [0.3, 0.4) is 0 Å². The van der Waals surface area contributed by atoms with Crippen LogP contribution in [0.5, 0.6) is 0 Å². The molecule has 1 N–H and O–H groups in total. The first kappa shape index (κ1) is 13.5. The van der Waals surface area contributed by atoms with Gasteiger partial charge in [-0.1, -0.05) is 19.9 Å². The number of hydrogen-bond donors (Lipinski definition) is 1. The first-order valence-corrected chi connectivity index (χ1v) is 5.81. The maximum absolute atomic E-state index is 13.5. The largest absolute Gasteiger partial charge is 0.382 e. The van der Waals surface area contributed by atoms with Crippen molar-refractivity contribution >= 4 is 5.69 Å². The van der Waals surface area contributed by atoms with Gasteiger partial charge < -0.3 is 5.32 Å². The van der Waals surface area contributed by atoms with E-state index in [1.807, 2.05) is 6.92 Å². The van der Waals surface area contributed by atoms with Crippen molar-refractivity contribution in [1.82, 2.24) is 0 Å². The molecular formula is C14H19FN2. The quantitative estimate of drug-likeness (QED) is 0.839. The molecule has 0 saturated heterocycles. The maximum atomic E-state index is 13.5. The molecule has 0 saturated carbocycles. The Bertz CT molecular complexity index is 419. The van der Waals surface area contributed by atoms with Crippen LogP contribution in [0.4, 0.5) is 10.1 Å². The molecule has 0 unspecified atom stereocenters. The van der Waals surface area contributed by atoms with Gasteiger partial charge in [0.05, 0.1) is 11.8 Å². The Balaban J connectivity index is 2.61. The van der Waals surface area contributed by atoms with Gasteiger partial charge >= 0.3 is 0 Å². The Kier molecular flexibility index (Phi) is 4.51. The van der Waals surface area contributed by atoms with Crippen molar-refractivity contribution in [3.8, 4) is 6.07 Å².